The number of H-pyrrole nitrogens is 1. The molecular weight excluding hydrogens is 312 g/mol. The molecule has 3 aromatic rings. The highest BCUT2D eigenvalue weighted by Crippen LogP contribution is 2.24. The van der Waals surface area contributed by atoms with Crippen molar-refractivity contribution in [3.05, 3.63) is 64.8 Å². The lowest BCUT2D eigenvalue weighted by Gasteiger charge is -2.17. The van der Waals surface area contributed by atoms with Crippen molar-refractivity contribution in [1.29, 1.82) is 0 Å². The number of aromatic amines is 1. The van der Waals surface area contributed by atoms with Gasteiger partial charge in [0.25, 0.3) is 0 Å². The number of aromatic nitrogens is 1. The standard InChI is InChI=1S/C18H17ClN2O2/c19-16-9-13(5-6-18(16)23)11-21(12-22)8-7-14-10-20-17-4-2-1-3-15(14)17/h1-6,9-10,12,20,23H,7-8,11H2. The fourth-order valence-electron chi connectivity index (χ4n) is 2.65. The summed E-state index contributed by atoms with van der Waals surface area (Å²) in [7, 11) is 0. The topological polar surface area (TPSA) is 56.3 Å². The average Bonchev–Trinajstić information content (AvgIpc) is 2.98. The number of para-hydroxylation sites is 1. The Kier molecular flexibility index (Phi) is 4.53. The number of aromatic hydroxyl groups is 1. The van der Waals surface area contributed by atoms with Gasteiger partial charge in [-0.15, -0.1) is 0 Å². The van der Waals surface area contributed by atoms with Gasteiger partial charge in [-0.05, 0) is 35.7 Å². The summed E-state index contributed by atoms with van der Waals surface area (Å²) >= 11 is 5.90. The van der Waals surface area contributed by atoms with E-state index >= 15 is 0 Å². The zero-order valence-electron chi connectivity index (χ0n) is 12.5. The number of hydrogen-bond acceptors (Lipinski definition) is 2. The number of rotatable bonds is 6. The van der Waals surface area contributed by atoms with Gasteiger partial charge in [0.15, 0.2) is 0 Å². The first-order valence-electron chi connectivity index (χ1n) is 7.39. The van der Waals surface area contributed by atoms with E-state index < -0.39 is 0 Å². The van der Waals surface area contributed by atoms with Gasteiger partial charge in [0.2, 0.25) is 6.41 Å². The molecule has 0 fully saturated rings. The summed E-state index contributed by atoms with van der Waals surface area (Å²) in [6.45, 7) is 1.08. The van der Waals surface area contributed by atoms with Crippen molar-refractivity contribution in [3.8, 4) is 5.75 Å². The third-order valence-corrected chi connectivity index (χ3v) is 4.19. The van der Waals surface area contributed by atoms with E-state index in [4.69, 9.17) is 11.6 Å². The number of amides is 1. The molecule has 118 valence electrons. The fourth-order valence-corrected chi connectivity index (χ4v) is 2.86. The van der Waals surface area contributed by atoms with Crippen LogP contribution in [0, 0.1) is 0 Å². The van der Waals surface area contributed by atoms with Crippen LogP contribution in [0.5, 0.6) is 5.75 Å². The van der Waals surface area contributed by atoms with E-state index in [1.54, 1.807) is 23.1 Å². The van der Waals surface area contributed by atoms with Crippen LogP contribution in [-0.2, 0) is 17.8 Å². The van der Waals surface area contributed by atoms with Gasteiger partial charge >= 0.3 is 0 Å². The third kappa shape index (κ3) is 3.48. The van der Waals surface area contributed by atoms with Crippen LogP contribution in [-0.4, -0.2) is 27.9 Å². The number of nitrogens with one attached hydrogen (secondary N) is 1. The molecule has 1 heterocycles. The zero-order valence-corrected chi connectivity index (χ0v) is 13.3. The molecule has 1 aromatic heterocycles. The van der Waals surface area contributed by atoms with Gasteiger partial charge < -0.3 is 15.0 Å². The molecule has 5 heteroatoms. The molecule has 2 N–H and O–H groups in total. The van der Waals surface area contributed by atoms with E-state index in [0.717, 1.165) is 23.9 Å². The van der Waals surface area contributed by atoms with E-state index in [9.17, 15) is 9.90 Å². The van der Waals surface area contributed by atoms with Crippen LogP contribution in [0.1, 0.15) is 11.1 Å². The van der Waals surface area contributed by atoms with Gasteiger partial charge in [-0.25, -0.2) is 0 Å². The number of hydrogen-bond donors (Lipinski definition) is 2. The van der Waals surface area contributed by atoms with Crippen molar-refractivity contribution in [2.24, 2.45) is 0 Å². The lowest BCUT2D eigenvalue weighted by Crippen LogP contribution is -2.24. The minimum absolute atomic E-state index is 0.0480. The molecule has 0 saturated heterocycles. The Bertz CT molecular complexity index is 829. The number of phenolic OH excluding ortho intramolecular Hbond substituents is 1. The molecule has 0 bridgehead atoms. The van der Waals surface area contributed by atoms with Crippen LogP contribution in [0.3, 0.4) is 0 Å². The highest BCUT2D eigenvalue weighted by molar-refractivity contribution is 6.32. The van der Waals surface area contributed by atoms with Gasteiger partial charge in [0.1, 0.15) is 5.75 Å². The summed E-state index contributed by atoms with van der Waals surface area (Å²) in [5.41, 5.74) is 3.18. The van der Waals surface area contributed by atoms with Gasteiger partial charge in [-0.2, -0.15) is 0 Å². The fraction of sp³-hybridized carbons (Fsp3) is 0.167. The smallest absolute Gasteiger partial charge is 0.210 e. The van der Waals surface area contributed by atoms with Crippen LogP contribution in [0.15, 0.2) is 48.7 Å². The molecular formula is C18H17ClN2O2. The van der Waals surface area contributed by atoms with Crippen molar-refractivity contribution in [1.82, 2.24) is 9.88 Å². The number of nitrogens with zero attached hydrogens (tertiary/aromatic N) is 1. The lowest BCUT2D eigenvalue weighted by atomic mass is 10.1. The predicted molar refractivity (Wildman–Crippen MR) is 91.6 cm³/mol. The van der Waals surface area contributed by atoms with Gasteiger partial charge in [-0.3, -0.25) is 4.79 Å². The normalized spacial score (nSPS) is 10.8. The molecule has 3 rings (SSSR count). The van der Waals surface area contributed by atoms with Crippen LogP contribution in [0.4, 0.5) is 0 Å². The monoisotopic (exact) mass is 328 g/mol. The van der Waals surface area contributed by atoms with Crippen molar-refractivity contribution in [2.45, 2.75) is 13.0 Å². The zero-order chi connectivity index (χ0) is 16.2. The molecule has 0 aliphatic rings. The molecule has 0 unspecified atom stereocenters. The molecule has 0 atom stereocenters. The molecule has 0 aliphatic carbocycles. The minimum atomic E-state index is 0.0480. The van der Waals surface area contributed by atoms with Gasteiger partial charge in [0, 0.05) is 30.2 Å². The number of carbonyl (C=O) groups is 1. The predicted octanol–water partition coefficient (Wildman–Crippen LogP) is 3.73. The van der Waals surface area contributed by atoms with E-state index in [0.29, 0.717) is 18.1 Å². The van der Waals surface area contributed by atoms with Gasteiger partial charge in [-0.1, -0.05) is 35.9 Å². The lowest BCUT2D eigenvalue weighted by molar-refractivity contribution is -0.118. The second kappa shape index (κ2) is 6.75. The number of phenols is 1. The number of halogens is 1. The summed E-state index contributed by atoms with van der Waals surface area (Å²) in [5.74, 6) is 0.0480. The maximum atomic E-state index is 11.3. The Morgan fingerprint density at radius 3 is 2.83 bits per heavy atom. The van der Waals surface area contributed by atoms with Crippen LogP contribution in [0.25, 0.3) is 10.9 Å². The van der Waals surface area contributed by atoms with E-state index in [1.807, 2.05) is 24.4 Å². The number of carbonyl (C=O) groups excluding carboxylic acids is 1. The molecule has 2 aromatic carbocycles. The van der Waals surface area contributed by atoms with Crippen LogP contribution >= 0.6 is 11.6 Å². The minimum Gasteiger partial charge on any atom is -0.506 e. The van der Waals surface area contributed by atoms with E-state index in [2.05, 4.69) is 11.1 Å². The SMILES string of the molecule is O=CN(CCc1c[nH]c2ccccc12)Cc1ccc(O)c(Cl)c1. The molecule has 0 radical (unpaired) electrons. The largest absolute Gasteiger partial charge is 0.506 e. The van der Waals surface area contributed by atoms with Crippen molar-refractivity contribution in [3.63, 3.8) is 0 Å². The average molecular weight is 329 g/mol. The number of benzene rings is 2. The Hall–Kier alpha value is -2.46. The highest BCUT2D eigenvalue weighted by atomic mass is 35.5. The van der Waals surface area contributed by atoms with Crippen LogP contribution in [0.2, 0.25) is 5.02 Å². The summed E-state index contributed by atoms with van der Waals surface area (Å²) < 4.78 is 0. The second-order valence-electron chi connectivity index (χ2n) is 5.47. The summed E-state index contributed by atoms with van der Waals surface area (Å²) in [6.07, 6.45) is 3.61. The first-order valence-corrected chi connectivity index (χ1v) is 7.77. The third-order valence-electron chi connectivity index (χ3n) is 3.89. The maximum absolute atomic E-state index is 11.3. The quantitative estimate of drug-likeness (QED) is 0.677. The Morgan fingerprint density at radius 1 is 1.22 bits per heavy atom. The molecule has 0 aliphatic heterocycles. The van der Waals surface area contributed by atoms with Gasteiger partial charge in [0.05, 0.1) is 5.02 Å². The van der Waals surface area contributed by atoms with E-state index in [-0.39, 0.29) is 5.75 Å². The van der Waals surface area contributed by atoms with Crippen molar-refractivity contribution < 1.29 is 9.90 Å². The molecule has 23 heavy (non-hydrogen) atoms. The summed E-state index contributed by atoms with van der Waals surface area (Å²) in [4.78, 5) is 16.3. The Labute approximate surface area is 139 Å². The maximum Gasteiger partial charge on any atom is 0.210 e. The number of fused-ring (bicyclic) bond motifs is 1. The van der Waals surface area contributed by atoms with Crippen molar-refractivity contribution >= 4 is 28.9 Å². The molecule has 0 saturated carbocycles. The molecule has 4 nitrogen and oxygen atoms in total. The molecule has 1 amide bonds. The first-order chi connectivity index (χ1) is 11.2. The second-order valence-corrected chi connectivity index (χ2v) is 5.88. The Balaban J connectivity index is 1.67. The first kappa shape index (κ1) is 15.4. The summed E-state index contributed by atoms with van der Waals surface area (Å²) in [6, 6.07) is 13.1. The molecule has 0 spiro atoms. The van der Waals surface area contributed by atoms with Crippen LogP contribution < -0.4 is 0 Å². The van der Waals surface area contributed by atoms with Crippen molar-refractivity contribution in [2.75, 3.05) is 6.54 Å². The summed E-state index contributed by atoms with van der Waals surface area (Å²) in [5, 5.41) is 10.9. The Morgan fingerprint density at radius 2 is 2.04 bits per heavy atom. The van der Waals surface area contributed by atoms with E-state index in [1.165, 1.54) is 10.9 Å². The highest BCUT2D eigenvalue weighted by Gasteiger charge is 2.08.